The highest BCUT2D eigenvalue weighted by atomic mass is 14.9. The zero-order valence-corrected chi connectivity index (χ0v) is 11.5. The van der Waals surface area contributed by atoms with Gasteiger partial charge in [-0.25, -0.2) is 0 Å². The van der Waals surface area contributed by atoms with Gasteiger partial charge < -0.3 is 11.1 Å². The highest BCUT2D eigenvalue weighted by Gasteiger charge is 2.21. The first-order valence-corrected chi connectivity index (χ1v) is 7.36. The zero-order chi connectivity index (χ0) is 12.8. The first-order valence-electron chi connectivity index (χ1n) is 7.36. The maximum absolute atomic E-state index is 6.39. The molecule has 1 fully saturated rings. The molecule has 0 radical (unpaired) electrons. The lowest BCUT2D eigenvalue weighted by Crippen LogP contribution is -2.33. The van der Waals surface area contributed by atoms with E-state index in [9.17, 15) is 0 Å². The number of hydrogen-bond donors (Lipinski definition) is 2. The first kappa shape index (κ1) is 13.6. The largest absolute Gasteiger partial charge is 0.324 e. The Bertz CT molecular complexity index is 339. The number of nitrogens with two attached hydrogens (primary N) is 1. The molecule has 0 amide bonds. The summed E-state index contributed by atoms with van der Waals surface area (Å²) in [7, 11) is 0. The molecule has 1 aliphatic rings. The second-order valence-corrected chi connectivity index (χ2v) is 5.46. The van der Waals surface area contributed by atoms with Gasteiger partial charge in [-0.05, 0) is 55.8 Å². The molecule has 0 bridgehead atoms. The van der Waals surface area contributed by atoms with E-state index >= 15 is 0 Å². The van der Waals surface area contributed by atoms with Gasteiger partial charge in [0.25, 0.3) is 0 Å². The summed E-state index contributed by atoms with van der Waals surface area (Å²) >= 11 is 0. The van der Waals surface area contributed by atoms with Crippen LogP contribution in [0.1, 0.15) is 49.8 Å². The van der Waals surface area contributed by atoms with Gasteiger partial charge in [0.15, 0.2) is 0 Å². The fourth-order valence-electron chi connectivity index (χ4n) is 2.76. The number of rotatable bonds is 5. The standard InChI is InChI=1S/C16H26N2/c1-2-3-4-13-5-7-14(8-6-13)16(17)15-9-11-18-12-10-15/h5-8,15-16,18H,2-4,9-12,17H2,1H3. The van der Waals surface area contributed by atoms with Crippen molar-refractivity contribution in [2.75, 3.05) is 13.1 Å². The Morgan fingerprint density at radius 1 is 1.22 bits per heavy atom. The predicted octanol–water partition coefficient (Wildman–Crippen LogP) is 3.03. The van der Waals surface area contributed by atoms with Gasteiger partial charge in [-0.2, -0.15) is 0 Å². The van der Waals surface area contributed by atoms with E-state index in [0.29, 0.717) is 5.92 Å². The Labute approximate surface area is 111 Å². The second kappa shape index (κ2) is 6.91. The molecule has 0 saturated carbocycles. The lowest BCUT2D eigenvalue weighted by Gasteiger charge is -2.28. The van der Waals surface area contributed by atoms with Gasteiger partial charge in [-0.1, -0.05) is 37.6 Å². The number of aryl methyl sites for hydroxylation is 1. The Balaban J connectivity index is 1.95. The smallest absolute Gasteiger partial charge is 0.0324 e. The molecule has 1 heterocycles. The molecule has 0 aliphatic carbocycles. The highest BCUT2D eigenvalue weighted by Crippen LogP contribution is 2.26. The first-order chi connectivity index (χ1) is 8.81. The van der Waals surface area contributed by atoms with Crippen molar-refractivity contribution in [2.45, 2.75) is 45.1 Å². The van der Waals surface area contributed by atoms with Crippen LogP contribution in [0.3, 0.4) is 0 Å². The molecule has 1 atom stereocenters. The van der Waals surface area contributed by atoms with E-state index in [1.54, 1.807) is 0 Å². The van der Waals surface area contributed by atoms with Gasteiger partial charge in [-0.15, -0.1) is 0 Å². The average Bonchev–Trinajstić information content (AvgIpc) is 2.46. The zero-order valence-electron chi connectivity index (χ0n) is 11.5. The third-order valence-corrected chi connectivity index (χ3v) is 4.08. The van der Waals surface area contributed by atoms with Crippen LogP contribution in [0.25, 0.3) is 0 Å². The van der Waals surface area contributed by atoms with Crippen molar-refractivity contribution in [1.29, 1.82) is 0 Å². The third kappa shape index (κ3) is 3.56. The van der Waals surface area contributed by atoms with Crippen LogP contribution < -0.4 is 11.1 Å². The molecule has 1 saturated heterocycles. The summed E-state index contributed by atoms with van der Waals surface area (Å²) < 4.78 is 0. The van der Waals surface area contributed by atoms with E-state index in [4.69, 9.17) is 5.73 Å². The Hall–Kier alpha value is -0.860. The van der Waals surface area contributed by atoms with Crippen LogP contribution in [-0.4, -0.2) is 13.1 Å². The molecular formula is C16H26N2. The highest BCUT2D eigenvalue weighted by molar-refractivity contribution is 5.25. The number of unbranched alkanes of at least 4 members (excludes halogenated alkanes) is 1. The van der Waals surface area contributed by atoms with Crippen LogP contribution in [0.15, 0.2) is 24.3 Å². The maximum Gasteiger partial charge on any atom is 0.0324 e. The maximum atomic E-state index is 6.39. The molecule has 2 nitrogen and oxygen atoms in total. The molecule has 1 aliphatic heterocycles. The number of benzene rings is 1. The van der Waals surface area contributed by atoms with Crippen molar-refractivity contribution < 1.29 is 0 Å². The van der Waals surface area contributed by atoms with Crippen molar-refractivity contribution in [2.24, 2.45) is 11.7 Å². The van der Waals surface area contributed by atoms with E-state index in [1.165, 1.54) is 43.2 Å². The molecular weight excluding hydrogens is 220 g/mol. The summed E-state index contributed by atoms with van der Waals surface area (Å²) in [5.41, 5.74) is 9.14. The van der Waals surface area contributed by atoms with Crippen molar-refractivity contribution in [3.8, 4) is 0 Å². The molecule has 2 rings (SSSR count). The van der Waals surface area contributed by atoms with Gasteiger partial charge in [0.05, 0.1) is 0 Å². The SMILES string of the molecule is CCCCc1ccc(C(N)C2CCNCC2)cc1. The quantitative estimate of drug-likeness (QED) is 0.838. The summed E-state index contributed by atoms with van der Waals surface area (Å²) in [6, 6.07) is 9.19. The van der Waals surface area contributed by atoms with E-state index in [1.807, 2.05) is 0 Å². The topological polar surface area (TPSA) is 38.0 Å². The molecule has 1 aromatic rings. The normalized spacial score (nSPS) is 18.8. The number of hydrogen-bond acceptors (Lipinski definition) is 2. The Morgan fingerprint density at radius 2 is 1.89 bits per heavy atom. The van der Waals surface area contributed by atoms with E-state index < -0.39 is 0 Å². The van der Waals surface area contributed by atoms with Crippen LogP contribution in [0.4, 0.5) is 0 Å². The van der Waals surface area contributed by atoms with Gasteiger partial charge in [0, 0.05) is 6.04 Å². The fraction of sp³-hybridized carbons (Fsp3) is 0.625. The summed E-state index contributed by atoms with van der Waals surface area (Å²) in [5, 5.41) is 3.40. The summed E-state index contributed by atoms with van der Waals surface area (Å²) in [4.78, 5) is 0. The van der Waals surface area contributed by atoms with Crippen molar-refractivity contribution in [1.82, 2.24) is 5.32 Å². The van der Waals surface area contributed by atoms with Crippen LogP contribution in [0.2, 0.25) is 0 Å². The third-order valence-electron chi connectivity index (χ3n) is 4.08. The average molecular weight is 246 g/mol. The monoisotopic (exact) mass is 246 g/mol. The summed E-state index contributed by atoms with van der Waals surface area (Å²) in [5.74, 6) is 0.646. The van der Waals surface area contributed by atoms with Crippen LogP contribution in [0.5, 0.6) is 0 Å². The fourth-order valence-corrected chi connectivity index (χ4v) is 2.76. The molecule has 3 N–H and O–H groups in total. The number of nitrogens with one attached hydrogen (secondary N) is 1. The Morgan fingerprint density at radius 3 is 2.50 bits per heavy atom. The lowest BCUT2D eigenvalue weighted by atomic mass is 9.86. The predicted molar refractivity (Wildman–Crippen MR) is 77.6 cm³/mol. The molecule has 0 spiro atoms. The van der Waals surface area contributed by atoms with E-state index in [0.717, 1.165) is 13.1 Å². The minimum absolute atomic E-state index is 0.215. The van der Waals surface area contributed by atoms with Crippen LogP contribution in [0, 0.1) is 5.92 Å². The minimum atomic E-state index is 0.215. The molecule has 2 heteroatoms. The summed E-state index contributed by atoms with van der Waals surface area (Å²) in [6.45, 7) is 4.47. The Kier molecular flexibility index (Phi) is 5.21. The van der Waals surface area contributed by atoms with Gasteiger partial charge in [0.1, 0.15) is 0 Å². The minimum Gasteiger partial charge on any atom is -0.324 e. The molecule has 1 unspecified atom stereocenters. The van der Waals surface area contributed by atoms with E-state index in [-0.39, 0.29) is 6.04 Å². The van der Waals surface area contributed by atoms with Crippen LogP contribution >= 0.6 is 0 Å². The lowest BCUT2D eigenvalue weighted by molar-refractivity contribution is 0.322. The molecule has 100 valence electrons. The molecule has 18 heavy (non-hydrogen) atoms. The van der Waals surface area contributed by atoms with Crippen molar-refractivity contribution in [3.05, 3.63) is 35.4 Å². The van der Waals surface area contributed by atoms with Crippen molar-refractivity contribution in [3.63, 3.8) is 0 Å². The summed E-state index contributed by atoms with van der Waals surface area (Å²) in [6.07, 6.45) is 6.15. The van der Waals surface area contributed by atoms with Crippen molar-refractivity contribution >= 4 is 0 Å². The van der Waals surface area contributed by atoms with Gasteiger partial charge in [0.2, 0.25) is 0 Å². The van der Waals surface area contributed by atoms with Crippen LogP contribution in [-0.2, 0) is 6.42 Å². The number of piperidine rings is 1. The molecule has 1 aromatic carbocycles. The molecule has 0 aromatic heterocycles. The second-order valence-electron chi connectivity index (χ2n) is 5.46. The van der Waals surface area contributed by atoms with Gasteiger partial charge >= 0.3 is 0 Å². The van der Waals surface area contributed by atoms with Gasteiger partial charge in [-0.3, -0.25) is 0 Å². The van der Waals surface area contributed by atoms with E-state index in [2.05, 4.69) is 36.5 Å².